The van der Waals surface area contributed by atoms with Gasteiger partial charge in [-0.1, -0.05) is 0 Å². The second-order valence-corrected chi connectivity index (χ2v) is 6.41. The molecule has 4 heteroatoms. The van der Waals surface area contributed by atoms with Gasteiger partial charge in [0.1, 0.15) is 0 Å². The summed E-state index contributed by atoms with van der Waals surface area (Å²) >= 11 is 2.08. The van der Waals surface area contributed by atoms with Crippen LogP contribution < -0.4 is 5.32 Å². The summed E-state index contributed by atoms with van der Waals surface area (Å²) in [5.74, 6) is 2.88. The summed E-state index contributed by atoms with van der Waals surface area (Å²) in [6.07, 6.45) is 5.91. The molecule has 3 nitrogen and oxygen atoms in total. The normalized spacial score (nSPS) is 37.1. The van der Waals surface area contributed by atoms with Crippen molar-refractivity contribution in [1.82, 2.24) is 10.2 Å². The van der Waals surface area contributed by atoms with E-state index >= 15 is 0 Å². The van der Waals surface area contributed by atoms with Gasteiger partial charge in [-0.25, -0.2) is 0 Å². The van der Waals surface area contributed by atoms with Gasteiger partial charge < -0.3 is 5.32 Å². The SMILES string of the molecule is O=C1C[C@@H]2CC[C@H](CN1)N2C1CCSCC1. The number of nitrogens with one attached hydrogen (secondary N) is 1. The average molecular weight is 240 g/mol. The molecule has 3 aliphatic rings. The maximum absolute atomic E-state index is 11.6. The van der Waals surface area contributed by atoms with Gasteiger partial charge in [-0.2, -0.15) is 11.8 Å². The Kier molecular flexibility index (Phi) is 3.11. The first-order chi connectivity index (χ1) is 7.84. The standard InChI is InChI=1S/C12H20N2OS/c15-12-7-10-1-2-11(8-13-12)14(10)9-3-5-16-6-4-9/h9-11H,1-8H2,(H,13,15)/t10-,11+/m0/s1. The highest BCUT2D eigenvalue weighted by atomic mass is 32.2. The maximum atomic E-state index is 11.6. The largest absolute Gasteiger partial charge is 0.354 e. The van der Waals surface area contributed by atoms with Crippen LogP contribution in [0.15, 0.2) is 0 Å². The van der Waals surface area contributed by atoms with E-state index in [0.717, 1.165) is 19.0 Å². The second-order valence-electron chi connectivity index (χ2n) is 5.18. The molecule has 0 unspecified atom stereocenters. The molecular weight excluding hydrogens is 220 g/mol. The molecule has 2 atom stereocenters. The number of carbonyl (C=O) groups is 1. The van der Waals surface area contributed by atoms with Crippen molar-refractivity contribution in [2.24, 2.45) is 0 Å². The lowest BCUT2D eigenvalue weighted by Crippen LogP contribution is -2.46. The molecule has 3 heterocycles. The number of nitrogens with zero attached hydrogens (tertiary/aromatic N) is 1. The van der Waals surface area contributed by atoms with Crippen molar-refractivity contribution in [3.63, 3.8) is 0 Å². The van der Waals surface area contributed by atoms with Gasteiger partial charge in [0.05, 0.1) is 0 Å². The van der Waals surface area contributed by atoms with E-state index in [1.165, 1.54) is 37.2 Å². The van der Waals surface area contributed by atoms with Crippen molar-refractivity contribution in [2.45, 2.75) is 50.2 Å². The summed E-state index contributed by atoms with van der Waals surface area (Å²) in [5, 5.41) is 3.06. The number of thioether (sulfide) groups is 1. The Labute approximate surface area is 101 Å². The van der Waals surface area contributed by atoms with Gasteiger partial charge in [0.25, 0.3) is 0 Å². The Balaban J connectivity index is 1.75. The molecule has 1 N–H and O–H groups in total. The van der Waals surface area contributed by atoms with Crippen LogP contribution in [0.5, 0.6) is 0 Å². The molecule has 2 bridgehead atoms. The van der Waals surface area contributed by atoms with Crippen LogP contribution in [0, 0.1) is 0 Å². The highest BCUT2D eigenvalue weighted by molar-refractivity contribution is 7.99. The highest BCUT2D eigenvalue weighted by Gasteiger charge is 2.41. The second kappa shape index (κ2) is 4.57. The first-order valence-electron chi connectivity index (χ1n) is 6.46. The Morgan fingerprint density at radius 3 is 2.62 bits per heavy atom. The Morgan fingerprint density at radius 1 is 1.06 bits per heavy atom. The van der Waals surface area contributed by atoms with Crippen LogP contribution in [0.3, 0.4) is 0 Å². The summed E-state index contributed by atoms with van der Waals surface area (Å²) < 4.78 is 0. The summed E-state index contributed by atoms with van der Waals surface area (Å²) in [6, 6.07) is 1.93. The summed E-state index contributed by atoms with van der Waals surface area (Å²) in [7, 11) is 0. The number of hydrogen-bond donors (Lipinski definition) is 1. The van der Waals surface area contributed by atoms with Crippen molar-refractivity contribution in [3.05, 3.63) is 0 Å². The number of fused-ring (bicyclic) bond motifs is 2. The average Bonchev–Trinajstić information content (AvgIpc) is 2.61. The number of amides is 1. The number of carbonyl (C=O) groups excluding carboxylic acids is 1. The lowest BCUT2D eigenvalue weighted by Gasteiger charge is -2.37. The van der Waals surface area contributed by atoms with Crippen molar-refractivity contribution < 1.29 is 4.79 Å². The van der Waals surface area contributed by atoms with Crippen molar-refractivity contribution >= 4 is 17.7 Å². The molecule has 3 fully saturated rings. The van der Waals surface area contributed by atoms with Crippen molar-refractivity contribution in [2.75, 3.05) is 18.1 Å². The number of hydrogen-bond acceptors (Lipinski definition) is 3. The zero-order chi connectivity index (χ0) is 11.0. The quantitative estimate of drug-likeness (QED) is 0.748. The summed E-state index contributed by atoms with van der Waals surface area (Å²) in [5.41, 5.74) is 0. The zero-order valence-electron chi connectivity index (χ0n) is 9.65. The van der Waals surface area contributed by atoms with Gasteiger partial charge in [-0.15, -0.1) is 0 Å². The Hall–Kier alpha value is -0.220. The van der Waals surface area contributed by atoms with E-state index in [1.54, 1.807) is 0 Å². The van der Waals surface area contributed by atoms with Crippen LogP contribution in [0.4, 0.5) is 0 Å². The molecule has 0 saturated carbocycles. The van der Waals surface area contributed by atoms with Gasteiger partial charge in [0.2, 0.25) is 5.91 Å². The van der Waals surface area contributed by atoms with Crippen LogP contribution >= 0.6 is 11.8 Å². The molecule has 0 aliphatic carbocycles. The Bertz CT molecular complexity index is 278. The van der Waals surface area contributed by atoms with E-state index in [-0.39, 0.29) is 5.91 Å². The molecular formula is C12H20N2OS. The fourth-order valence-corrected chi connectivity index (χ4v) is 4.58. The predicted octanol–water partition coefficient (Wildman–Crippen LogP) is 1.23. The van der Waals surface area contributed by atoms with Crippen molar-refractivity contribution in [3.8, 4) is 0 Å². The summed E-state index contributed by atoms with van der Waals surface area (Å²) in [6.45, 7) is 0.888. The lowest BCUT2D eigenvalue weighted by molar-refractivity contribution is -0.121. The van der Waals surface area contributed by atoms with E-state index in [1.807, 2.05) is 0 Å². The van der Waals surface area contributed by atoms with Crippen LogP contribution in [-0.2, 0) is 4.79 Å². The molecule has 3 saturated heterocycles. The number of rotatable bonds is 1. The van der Waals surface area contributed by atoms with Gasteiger partial charge in [-0.3, -0.25) is 9.69 Å². The van der Waals surface area contributed by atoms with Crippen LogP contribution in [-0.4, -0.2) is 47.0 Å². The molecule has 3 rings (SSSR count). The van der Waals surface area contributed by atoms with Crippen LogP contribution in [0.25, 0.3) is 0 Å². The van der Waals surface area contributed by atoms with Gasteiger partial charge in [0.15, 0.2) is 0 Å². The third kappa shape index (κ3) is 1.97. The van der Waals surface area contributed by atoms with Crippen LogP contribution in [0.2, 0.25) is 0 Å². The van der Waals surface area contributed by atoms with E-state index in [0.29, 0.717) is 12.1 Å². The predicted molar refractivity (Wildman–Crippen MR) is 66.6 cm³/mol. The smallest absolute Gasteiger partial charge is 0.221 e. The van der Waals surface area contributed by atoms with E-state index < -0.39 is 0 Å². The minimum Gasteiger partial charge on any atom is -0.354 e. The minimum absolute atomic E-state index is 0.266. The van der Waals surface area contributed by atoms with E-state index in [2.05, 4.69) is 22.0 Å². The third-order valence-corrected chi connectivity index (χ3v) is 5.29. The first kappa shape index (κ1) is 10.9. The minimum atomic E-state index is 0.266. The molecule has 0 aromatic heterocycles. The molecule has 0 aromatic rings. The van der Waals surface area contributed by atoms with Crippen molar-refractivity contribution in [1.29, 1.82) is 0 Å². The highest BCUT2D eigenvalue weighted by Crippen LogP contribution is 2.34. The Morgan fingerprint density at radius 2 is 1.81 bits per heavy atom. The molecule has 1 amide bonds. The topological polar surface area (TPSA) is 32.3 Å². The fraction of sp³-hybridized carbons (Fsp3) is 0.917. The lowest BCUT2D eigenvalue weighted by atomic mass is 10.1. The molecule has 0 radical (unpaired) electrons. The van der Waals surface area contributed by atoms with Crippen LogP contribution in [0.1, 0.15) is 32.1 Å². The zero-order valence-corrected chi connectivity index (χ0v) is 10.5. The van der Waals surface area contributed by atoms with E-state index in [4.69, 9.17) is 0 Å². The molecule has 0 aromatic carbocycles. The van der Waals surface area contributed by atoms with Gasteiger partial charge >= 0.3 is 0 Å². The van der Waals surface area contributed by atoms with Gasteiger partial charge in [0, 0.05) is 31.1 Å². The van der Waals surface area contributed by atoms with E-state index in [9.17, 15) is 4.79 Å². The monoisotopic (exact) mass is 240 g/mol. The molecule has 3 aliphatic heterocycles. The first-order valence-corrected chi connectivity index (χ1v) is 7.62. The molecule has 90 valence electrons. The van der Waals surface area contributed by atoms with Gasteiger partial charge in [-0.05, 0) is 37.2 Å². The maximum Gasteiger partial charge on any atom is 0.221 e. The molecule has 16 heavy (non-hydrogen) atoms. The molecule has 0 spiro atoms. The fourth-order valence-electron chi connectivity index (χ4n) is 3.49. The third-order valence-electron chi connectivity index (χ3n) is 4.24. The summed E-state index contributed by atoms with van der Waals surface area (Å²) in [4.78, 5) is 14.3.